The van der Waals surface area contributed by atoms with Crippen LogP contribution in [0.3, 0.4) is 0 Å². The third-order valence-corrected chi connectivity index (χ3v) is 4.74. The molecule has 0 spiro atoms. The Kier molecular flexibility index (Phi) is 3.59. The normalized spacial score (nSPS) is 19.8. The van der Waals surface area contributed by atoms with Crippen molar-refractivity contribution in [2.24, 2.45) is 5.92 Å². The minimum Gasteiger partial charge on any atom is -0.469 e. The highest BCUT2D eigenvalue weighted by molar-refractivity contribution is 6.02. The van der Waals surface area contributed by atoms with Crippen LogP contribution in [0.2, 0.25) is 0 Å². The molecule has 2 aliphatic carbocycles. The molecule has 6 heteroatoms. The number of Topliss-reactive ketones (excluding diaryl/α,β-unsaturated/α-hetero) is 1. The summed E-state index contributed by atoms with van der Waals surface area (Å²) in [5, 5.41) is 2.77. The molecule has 0 aliphatic heterocycles. The first-order chi connectivity index (χ1) is 11.6. The summed E-state index contributed by atoms with van der Waals surface area (Å²) in [5.41, 5.74) is 0.583. The first-order valence-corrected chi connectivity index (χ1v) is 8.23. The first kappa shape index (κ1) is 14.9. The Morgan fingerprint density at radius 2 is 2.12 bits per heavy atom. The smallest absolute Gasteiger partial charge is 0.261 e. The largest absolute Gasteiger partial charge is 0.469 e. The molecule has 1 atom stereocenters. The van der Waals surface area contributed by atoms with Gasteiger partial charge in [0.05, 0.1) is 6.26 Å². The Bertz CT molecular complexity index is 846. The number of aromatic nitrogens is 1. The molecule has 4 rings (SSSR count). The van der Waals surface area contributed by atoms with Crippen molar-refractivity contribution in [2.45, 2.75) is 31.6 Å². The summed E-state index contributed by atoms with van der Waals surface area (Å²) in [4.78, 5) is 39.6. The van der Waals surface area contributed by atoms with Crippen molar-refractivity contribution >= 4 is 11.7 Å². The van der Waals surface area contributed by atoms with E-state index in [0.29, 0.717) is 36.6 Å². The molecule has 2 aromatic heterocycles. The van der Waals surface area contributed by atoms with Crippen LogP contribution in [0.1, 0.15) is 57.4 Å². The van der Waals surface area contributed by atoms with Gasteiger partial charge in [-0.25, -0.2) is 0 Å². The maximum atomic E-state index is 12.5. The molecule has 6 nitrogen and oxygen atoms in total. The van der Waals surface area contributed by atoms with E-state index in [-0.39, 0.29) is 17.3 Å². The number of carbonyl (C=O) groups excluding carboxylic acids is 2. The van der Waals surface area contributed by atoms with Crippen molar-refractivity contribution < 1.29 is 14.0 Å². The van der Waals surface area contributed by atoms with E-state index in [1.807, 2.05) is 6.07 Å². The Balaban J connectivity index is 1.60. The topological polar surface area (TPSA) is 92.2 Å². The Morgan fingerprint density at radius 3 is 2.83 bits per heavy atom. The van der Waals surface area contributed by atoms with Crippen molar-refractivity contribution in [3.05, 3.63) is 57.4 Å². The molecule has 0 saturated heterocycles. The van der Waals surface area contributed by atoms with Crippen LogP contribution in [0.25, 0.3) is 0 Å². The number of fused-ring (bicyclic) bond motifs is 1. The van der Waals surface area contributed by atoms with Gasteiger partial charge in [-0.2, -0.15) is 0 Å². The van der Waals surface area contributed by atoms with Crippen molar-refractivity contribution in [2.75, 3.05) is 6.54 Å². The van der Waals surface area contributed by atoms with Gasteiger partial charge in [0.2, 0.25) is 0 Å². The summed E-state index contributed by atoms with van der Waals surface area (Å²) < 4.78 is 5.38. The van der Waals surface area contributed by atoms with Gasteiger partial charge in [-0.15, -0.1) is 0 Å². The van der Waals surface area contributed by atoms with Crippen LogP contribution in [0.15, 0.2) is 33.7 Å². The zero-order valence-corrected chi connectivity index (χ0v) is 13.1. The first-order valence-electron chi connectivity index (χ1n) is 8.23. The lowest BCUT2D eigenvalue weighted by Crippen LogP contribution is -2.33. The third kappa shape index (κ3) is 2.79. The molecule has 124 valence electrons. The lowest BCUT2D eigenvalue weighted by atomic mass is 9.84. The summed E-state index contributed by atoms with van der Waals surface area (Å²) >= 11 is 0. The third-order valence-electron chi connectivity index (χ3n) is 4.74. The molecule has 2 aromatic rings. The molecular weight excluding hydrogens is 308 g/mol. The molecule has 0 radical (unpaired) electrons. The average Bonchev–Trinajstić information content (AvgIpc) is 3.23. The Morgan fingerprint density at radius 1 is 1.29 bits per heavy atom. The Hall–Kier alpha value is -2.63. The number of rotatable bonds is 4. The number of hydrogen-bond acceptors (Lipinski definition) is 4. The molecule has 2 aliphatic rings. The highest BCUT2D eigenvalue weighted by Crippen LogP contribution is 2.32. The molecule has 2 heterocycles. The summed E-state index contributed by atoms with van der Waals surface area (Å²) in [5.74, 6) is 0.699. The van der Waals surface area contributed by atoms with Crippen LogP contribution in [0.5, 0.6) is 0 Å². The van der Waals surface area contributed by atoms with Gasteiger partial charge in [0.25, 0.3) is 11.5 Å². The highest BCUT2D eigenvalue weighted by atomic mass is 16.3. The van der Waals surface area contributed by atoms with Crippen LogP contribution in [-0.4, -0.2) is 23.2 Å². The second kappa shape index (κ2) is 5.78. The van der Waals surface area contributed by atoms with E-state index in [1.165, 1.54) is 6.07 Å². The quantitative estimate of drug-likeness (QED) is 0.899. The molecule has 24 heavy (non-hydrogen) atoms. The van der Waals surface area contributed by atoms with Gasteiger partial charge in [-0.3, -0.25) is 14.4 Å². The molecule has 1 unspecified atom stereocenters. The SMILES string of the molecule is O=C1CC(c2ccco2)Cc2[nH]c(=O)c(C(=O)NCC3CC3)cc21. The minimum atomic E-state index is -0.449. The summed E-state index contributed by atoms with van der Waals surface area (Å²) in [6.45, 7) is 0.587. The lowest BCUT2D eigenvalue weighted by molar-refractivity contribution is 0.0950. The molecule has 0 aromatic carbocycles. The molecular formula is C18H18N2O4. The van der Waals surface area contributed by atoms with Crippen molar-refractivity contribution in [3.8, 4) is 0 Å². The molecule has 1 fully saturated rings. The van der Waals surface area contributed by atoms with Crippen molar-refractivity contribution in [1.29, 1.82) is 0 Å². The van der Waals surface area contributed by atoms with Crippen LogP contribution >= 0.6 is 0 Å². The van der Waals surface area contributed by atoms with Gasteiger partial charge in [0, 0.05) is 30.1 Å². The van der Waals surface area contributed by atoms with Crippen molar-refractivity contribution in [3.63, 3.8) is 0 Å². The van der Waals surface area contributed by atoms with Gasteiger partial charge < -0.3 is 14.7 Å². The number of aromatic amines is 1. The maximum Gasteiger partial charge on any atom is 0.261 e. The Labute approximate surface area is 138 Å². The number of carbonyl (C=O) groups is 2. The van der Waals surface area contributed by atoms with Gasteiger partial charge in [-0.1, -0.05) is 0 Å². The second-order valence-electron chi connectivity index (χ2n) is 6.60. The number of nitrogens with one attached hydrogen (secondary N) is 2. The van der Waals surface area contributed by atoms with Gasteiger partial charge in [0.15, 0.2) is 5.78 Å². The summed E-state index contributed by atoms with van der Waals surface area (Å²) in [6.07, 6.45) is 4.65. The van der Waals surface area contributed by atoms with Crippen LogP contribution in [0, 0.1) is 5.92 Å². The maximum absolute atomic E-state index is 12.5. The van der Waals surface area contributed by atoms with Gasteiger partial charge in [0.1, 0.15) is 11.3 Å². The highest BCUT2D eigenvalue weighted by Gasteiger charge is 2.30. The zero-order chi connectivity index (χ0) is 16.7. The number of amides is 1. The minimum absolute atomic E-state index is 0.0131. The van der Waals surface area contributed by atoms with E-state index < -0.39 is 11.5 Å². The fourth-order valence-electron chi connectivity index (χ4n) is 3.18. The van der Waals surface area contributed by atoms with E-state index >= 15 is 0 Å². The predicted molar refractivity (Wildman–Crippen MR) is 86.2 cm³/mol. The summed E-state index contributed by atoms with van der Waals surface area (Å²) in [7, 11) is 0. The van der Waals surface area contributed by atoms with Crippen LogP contribution < -0.4 is 10.9 Å². The van der Waals surface area contributed by atoms with Crippen LogP contribution in [0.4, 0.5) is 0 Å². The molecule has 0 bridgehead atoms. The number of H-pyrrole nitrogens is 1. The van der Waals surface area contributed by atoms with E-state index in [0.717, 1.165) is 18.6 Å². The van der Waals surface area contributed by atoms with E-state index in [1.54, 1.807) is 12.3 Å². The predicted octanol–water partition coefficient (Wildman–Crippen LogP) is 2.02. The average molecular weight is 326 g/mol. The molecule has 2 N–H and O–H groups in total. The number of furan rings is 1. The summed E-state index contributed by atoms with van der Waals surface area (Å²) in [6, 6.07) is 5.06. The lowest BCUT2D eigenvalue weighted by Gasteiger charge is -2.22. The molecule has 1 amide bonds. The van der Waals surface area contributed by atoms with E-state index in [2.05, 4.69) is 10.3 Å². The van der Waals surface area contributed by atoms with Crippen LogP contribution in [-0.2, 0) is 6.42 Å². The number of hydrogen-bond donors (Lipinski definition) is 2. The number of ketones is 1. The van der Waals surface area contributed by atoms with Gasteiger partial charge >= 0.3 is 0 Å². The second-order valence-corrected chi connectivity index (χ2v) is 6.60. The van der Waals surface area contributed by atoms with Gasteiger partial charge in [-0.05, 0) is 43.4 Å². The standard InChI is InChI=1S/C18H18N2O4/c21-15-7-11(16-2-1-5-24-16)6-14-12(15)8-13(18(23)20-14)17(22)19-9-10-3-4-10/h1-2,5,8,10-11H,3-4,6-7,9H2,(H,19,22)(H,20,23). The van der Waals surface area contributed by atoms with E-state index in [4.69, 9.17) is 4.42 Å². The fourth-order valence-corrected chi connectivity index (χ4v) is 3.18. The molecule has 1 saturated carbocycles. The van der Waals surface area contributed by atoms with Crippen molar-refractivity contribution in [1.82, 2.24) is 10.3 Å². The van der Waals surface area contributed by atoms with E-state index in [9.17, 15) is 14.4 Å². The fraction of sp³-hybridized carbons (Fsp3) is 0.389. The monoisotopic (exact) mass is 326 g/mol. The number of pyridine rings is 1. The zero-order valence-electron chi connectivity index (χ0n) is 13.1.